The molecule has 134 valence electrons. The lowest BCUT2D eigenvalue weighted by Crippen LogP contribution is -2.13. The molecule has 0 fully saturated rings. The highest BCUT2D eigenvalue weighted by molar-refractivity contribution is 7.99. The minimum Gasteiger partial charge on any atom is -0.369 e. The van der Waals surface area contributed by atoms with Crippen LogP contribution in [0, 0.1) is 13.8 Å². The first-order chi connectivity index (χ1) is 12.5. The smallest absolute Gasteiger partial charge is 0.227 e. The Morgan fingerprint density at radius 1 is 1.31 bits per heavy atom. The molecular formula is C19H20N4OS2. The molecule has 0 aliphatic rings. The summed E-state index contributed by atoms with van der Waals surface area (Å²) >= 11 is 2.98. The molecule has 2 aromatic heterocycles. The number of primary amides is 1. The Morgan fingerprint density at radius 3 is 2.69 bits per heavy atom. The highest BCUT2D eigenvalue weighted by Gasteiger charge is 2.20. The maximum absolute atomic E-state index is 11.1. The molecule has 0 bridgehead atoms. The van der Waals surface area contributed by atoms with Crippen LogP contribution in [-0.4, -0.2) is 26.4 Å². The van der Waals surface area contributed by atoms with Gasteiger partial charge in [-0.05, 0) is 19.4 Å². The van der Waals surface area contributed by atoms with E-state index in [1.165, 1.54) is 27.8 Å². The van der Waals surface area contributed by atoms with Gasteiger partial charge >= 0.3 is 0 Å². The van der Waals surface area contributed by atoms with Crippen molar-refractivity contribution < 1.29 is 4.79 Å². The zero-order valence-corrected chi connectivity index (χ0v) is 16.4. The number of thiophene rings is 1. The average Bonchev–Trinajstić information content (AvgIpc) is 3.18. The summed E-state index contributed by atoms with van der Waals surface area (Å²) in [5, 5.41) is 11.4. The third-order valence-corrected chi connectivity index (χ3v) is 5.83. The molecule has 5 nitrogen and oxygen atoms in total. The SMILES string of the molecule is C=CCn1c(SCC(N)=O)nnc1-c1csc(C)c1-c1ccc(C)cc1. The van der Waals surface area contributed by atoms with E-state index < -0.39 is 0 Å². The quantitative estimate of drug-likeness (QED) is 0.492. The Labute approximate surface area is 161 Å². The average molecular weight is 385 g/mol. The molecule has 1 aromatic carbocycles. The van der Waals surface area contributed by atoms with Gasteiger partial charge < -0.3 is 5.73 Å². The van der Waals surface area contributed by atoms with Crippen molar-refractivity contribution in [1.29, 1.82) is 0 Å². The highest BCUT2D eigenvalue weighted by atomic mass is 32.2. The molecule has 2 N–H and O–H groups in total. The van der Waals surface area contributed by atoms with Crippen LogP contribution in [0.15, 0.2) is 47.5 Å². The summed E-state index contributed by atoms with van der Waals surface area (Å²) in [6.45, 7) is 8.58. The summed E-state index contributed by atoms with van der Waals surface area (Å²) in [7, 11) is 0. The molecule has 0 unspecified atom stereocenters. The number of hydrogen-bond acceptors (Lipinski definition) is 5. The van der Waals surface area contributed by atoms with Crippen LogP contribution in [0.3, 0.4) is 0 Å². The van der Waals surface area contributed by atoms with E-state index in [-0.39, 0.29) is 11.7 Å². The van der Waals surface area contributed by atoms with Crippen LogP contribution in [0.25, 0.3) is 22.5 Å². The lowest BCUT2D eigenvalue weighted by molar-refractivity contribution is -0.115. The number of carbonyl (C=O) groups excluding carboxylic acids is 1. The van der Waals surface area contributed by atoms with Crippen LogP contribution < -0.4 is 5.73 Å². The molecule has 2 heterocycles. The number of benzene rings is 1. The second-order valence-electron chi connectivity index (χ2n) is 5.91. The van der Waals surface area contributed by atoms with Crippen molar-refractivity contribution in [2.24, 2.45) is 5.73 Å². The number of amides is 1. The maximum atomic E-state index is 11.1. The van der Waals surface area contributed by atoms with Gasteiger partial charge in [-0.2, -0.15) is 0 Å². The van der Waals surface area contributed by atoms with Gasteiger partial charge in [0.2, 0.25) is 5.91 Å². The summed E-state index contributed by atoms with van der Waals surface area (Å²) in [6.07, 6.45) is 1.80. The van der Waals surface area contributed by atoms with Gasteiger partial charge in [-0.15, -0.1) is 28.1 Å². The Kier molecular flexibility index (Phi) is 5.58. The van der Waals surface area contributed by atoms with Gasteiger partial charge in [0.25, 0.3) is 0 Å². The predicted molar refractivity (Wildman–Crippen MR) is 108 cm³/mol. The number of nitrogens with two attached hydrogens (primary N) is 1. The third kappa shape index (κ3) is 3.73. The van der Waals surface area contributed by atoms with Crippen LogP contribution in [-0.2, 0) is 11.3 Å². The summed E-state index contributed by atoms with van der Waals surface area (Å²) in [4.78, 5) is 12.3. The summed E-state index contributed by atoms with van der Waals surface area (Å²) in [6, 6.07) is 8.48. The number of allylic oxidation sites excluding steroid dienone is 1. The van der Waals surface area contributed by atoms with E-state index in [1.807, 2.05) is 4.57 Å². The minimum absolute atomic E-state index is 0.169. The van der Waals surface area contributed by atoms with Crippen LogP contribution in [0.5, 0.6) is 0 Å². The first-order valence-electron chi connectivity index (χ1n) is 8.12. The molecule has 0 spiro atoms. The van der Waals surface area contributed by atoms with Gasteiger partial charge in [0, 0.05) is 27.9 Å². The monoisotopic (exact) mass is 384 g/mol. The standard InChI is InChI=1S/C19H20N4OS2/c1-4-9-23-18(21-22-19(23)26-11-16(20)24)15-10-25-13(3)17(15)14-7-5-12(2)6-8-14/h4-8,10H,1,9,11H2,2-3H3,(H2,20,24). The fraction of sp³-hybridized carbons (Fsp3) is 0.211. The van der Waals surface area contributed by atoms with Crippen LogP contribution in [0.2, 0.25) is 0 Å². The van der Waals surface area contributed by atoms with E-state index in [4.69, 9.17) is 5.73 Å². The Morgan fingerprint density at radius 2 is 2.04 bits per heavy atom. The predicted octanol–water partition coefficient (Wildman–Crippen LogP) is 4.05. The van der Waals surface area contributed by atoms with Crippen LogP contribution in [0.4, 0.5) is 0 Å². The Hall–Kier alpha value is -2.38. The van der Waals surface area contributed by atoms with E-state index >= 15 is 0 Å². The third-order valence-electron chi connectivity index (χ3n) is 3.93. The van der Waals surface area contributed by atoms with Gasteiger partial charge in [-0.1, -0.05) is 47.7 Å². The van der Waals surface area contributed by atoms with Crippen molar-refractivity contribution in [1.82, 2.24) is 14.8 Å². The molecule has 0 saturated heterocycles. The molecule has 0 saturated carbocycles. The number of hydrogen-bond donors (Lipinski definition) is 1. The van der Waals surface area contributed by atoms with E-state index in [1.54, 1.807) is 17.4 Å². The van der Waals surface area contributed by atoms with Gasteiger partial charge in [-0.3, -0.25) is 9.36 Å². The topological polar surface area (TPSA) is 73.8 Å². The molecule has 1 amide bonds. The normalized spacial score (nSPS) is 10.8. The lowest BCUT2D eigenvalue weighted by Gasteiger charge is -2.09. The summed E-state index contributed by atoms with van der Waals surface area (Å²) < 4.78 is 1.97. The lowest BCUT2D eigenvalue weighted by atomic mass is 10.0. The van der Waals surface area contributed by atoms with E-state index in [0.29, 0.717) is 11.7 Å². The van der Waals surface area contributed by atoms with Crippen molar-refractivity contribution >= 4 is 29.0 Å². The van der Waals surface area contributed by atoms with Crippen molar-refractivity contribution in [3.63, 3.8) is 0 Å². The zero-order valence-electron chi connectivity index (χ0n) is 14.7. The highest BCUT2D eigenvalue weighted by Crippen LogP contribution is 2.39. The molecule has 26 heavy (non-hydrogen) atoms. The minimum atomic E-state index is -0.378. The number of aromatic nitrogens is 3. The molecule has 0 aliphatic carbocycles. The molecular weight excluding hydrogens is 364 g/mol. The Bertz CT molecular complexity index is 941. The molecule has 3 rings (SSSR count). The van der Waals surface area contributed by atoms with Crippen molar-refractivity contribution in [2.45, 2.75) is 25.5 Å². The van der Waals surface area contributed by atoms with Crippen LogP contribution >= 0.6 is 23.1 Å². The number of aryl methyl sites for hydroxylation is 2. The number of rotatable bonds is 7. The fourth-order valence-corrected chi connectivity index (χ4v) is 4.27. The van der Waals surface area contributed by atoms with Gasteiger partial charge in [-0.25, -0.2) is 0 Å². The summed E-state index contributed by atoms with van der Waals surface area (Å²) in [5.41, 5.74) is 9.85. The number of nitrogens with zero attached hydrogens (tertiary/aromatic N) is 3. The molecule has 0 radical (unpaired) electrons. The first kappa shape index (κ1) is 18.4. The maximum Gasteiger partial charge on any atom is 0.227 e. The van der Waals surface area contributed by atoms with E-state index in [0.717, 1.165) is 17.0 Å². The molecule has 7 heteroatoms. The number of thioether (sulfide) groups is 1. The second-order valence-corrected chi connectivity index (χ2v) is 7.93. The van der Waals surface area contributed by atoms with Crippen molar-refractivity contribution in [2.75, 3.05) is 5.75 Å². The van der Waals surface area contributed by atoms with Gasteiger partial charge in [0.1, 0.15) is 0 Å². The Balaban J connectivity index is 2.08. The molecule has 3 aromatic rings. The van der Waals surface area contributed by atoms with Gasteiger partial charge in [0.05, 0.1) is 5.75 Å². The van der Waals surface area contributed by atoms with Crippen molar-refractivity contribution in [3.8, 4) is 22.5 Å². The fourth-order valence-electron chi connectivity index (χ4n) is 2.72. The number of carbonyl (C=O) groups is 1. The van der Waals surface area contributed by atoms with E-state index in [2.05, 4.69) is 60.3 Å². The summed E-state index contributed by atoms with van der Waals surface area (Å²) in [5.74, 6) is 0.566. The largest absolute Gasteiger partial charge is 0.369 e. The first-order valence-corrected chi connectivity index (χ1v) is 9.98. The van der Waals surface area contributed by atoms with Crippen LogP contribution in [0.1, 0.15) is 10.4 Å². The van der Waals surface area contributed by atoms with Gasteiger partial charge in [0.15, 0.2) is 11.0 Å². The molecule has 0 atom stereocenters. The van der Waals surface area contributed by atoms with E-state index in [9.17, 15) is 4.79 Å². The zero-order chi connectivity index (χ0) is 18.7. The van der Waals surface area contributed by atoms with Crippen molar-refractivity contribution in [3.05, 3.63) is 52.7 Å². The second kappa shape index (κ2) is 7.88. The molecule has 0 aliphatic heterocycles.